The lowest BCUT2D eigenvalue weighted by molar-refractivity contribution is 0.897. The first-order chi connectivity index (χ1) is 7.75. The highest BCUT2D eigenvalue weighted by molar-refractivity contribution is 7.99. The van der Waals surface area contributed by atoms with Crippen LogP contribution < -0.4 is 0 Å². The van der Waals surface area contributed by atoms with Crippen LogP contribution in [0.1, 0.15) is 23.5 Å². The van der Waals surface area contributed by atoms with Crippen molar-refractivity contribution in [2.45, 2.75) is 31.8 Å². The molecule has 0 atom stereocenters. The molecular formula is C11H16N4S. The molecule has 5 heteroatoms. The zero-order chi connectivity index (χ0) is 11.4. The van der Waals surface area contributed by atoms with Gasteiger partial charge in [0.25, 0.3) is 0 Å². The van der Waals surface area contributed by atoms with Gasteiger partial charge in [-0.25, -0.2) is 9.97 Å². The fourth-order valence-electron chi connectivity index (χ4n) is 1.44. The number of nitrogens with one attached hydrogen (secondary N) is 2. The highest BCUT2D eigenvalue weighted by Crippen LogP contribution is 2.17. The van der Waals surface area contributed by atoms with Crippen LogP contribution in [0.25, 0.3) is 0 Å². The summed E-state index contributed by atoms with van der Waals surface area (Å²) in [6.07, 6.45) is 5.78. The quantitative estimate of drug-likeness (QED) is 0.619. The third-order valence-electron chi connectivity index (χ3n) is 2.49. The summed E-state index contributed by atoms with van der Waals surface area (Å²) in [6, 6.07) is 0. The second-order valence-electron chi connectivity index (χ2n) is 3.78. The van der Waals surface area contributed by atoms with Gasteiger partial charge in [-0.1, -0.05) is 11.8 Å². The van der Waals surface area contributed by atoms with Crippen molar-refractivity contribution in [2.24, 2.45) is 0 Å². The van der Waals surface area contributed by atoms with Gasteiger partial charge >= 0.3 is 0 Å². The van der Waals surface area contributed by atoms with E-state index in [1.54, 1.807) is 18.1 Å². The molecule has 0 aromatic carbocycles. The average molecular weight is 236 g/mol. The Hall–Kier alpha value is -1.23. The van der Waals surface area contributed by atoms with Gasteiger partial charge in [0.2, 0.25) is 0 Å². The van der Waals surface area contributed by atoms with Gasteiger partial charge in [-0.05, 0) is 26.7 Å². The van der Waals surface area contributed by atoms with Gasteiger partial charge in [-0.3, -0.25) is 0 Å². The van der Waals surface area contributed by atoms with Crippen LogP contribution in [0.5, 0.6) is 0 Å². The minimum Gasteiger partial charge on any atom is -0.348 e. The van der Waals surface area contributed by atoms with E-state index >= 15 is 0 Å². The number of aromatic amines is 2. The van der Waals surface area contributed by atoms with Crippen molar-refractivity contribution in [2.75, 3.05) is 5.75 Å². The average Bonchev–Trinajstić information content (AvgIpc) is 2.85. The van der Waals surface area contributed by atoms with E-state index in [1.165, 1.54) is 5.69 Å². The Labute approximate surface area is 99.3 Å². The predicted octanol–water partition coefficient (Wildman–Crippen LogP) is 2.47. The second-order valence-corrected chi connectivity index (χ2v) is 4.86. The molecule has 16 heavy (non-hydrogen) atoms. The summed E-state index contributed by atoms with van der Waals surface area (Å²) in [6.45, 7) is 4.08. The Balaban J connectivity index is 1.72. The zero-order valence-corrected chi connectivity index (χ0v) is 10.4. The van der Waals surface area contributed by atoms with Crippen LogP contribution in [-0.2, 0) is 6.42 Å². The van der Waals surface area contributed by atoms with E-state index in [4.69, 9.17) is 0 Å². The van der Waals surface area contributed by atoms with Crippen LogP contribution in [0.3, 0.4) is 0 Å². The van der Waals surface area contributed by atoms with Crippen LogP contribution in [0.2, 0.25) is 0 Å². The molecule has 0 radical (unpaired) electrons. The van der Waals surface area contributed by atoms with E-state index in [-0.39, 0.29) is 0 Å². The molecule has 0 bridgehead atoms. The fourth-order valence-corrected chi connectivity index (χ4v) is 2.34. The van der Waals surface area contributed by atoms with Crippen molar-refractivity contribution < 1.29 is 0 Å². The summed E-state index contributed by atoms with van der Waals surface area (Å²) in [5.41, 5.74) is 3.46. The van der Waals surface area contributed by atoms with E-state index in [2.05, 4.69) is 26.9 Å². The molecule has 86 valence electrons. The molecule has 0 fully saturated rings. The van der Waals surface area contributed by atoms with E-state index < -0.39 is 0 Å². The monoisotopic (exact) mass is 236 g/mol. The zero-order valence-electron chi connectivity index (χ0n) is 9.58. The summed E-state index contributed by atoms with van der Waals surface area (Å²) in [5, 5.41) is 1.03. The first kappa shape index (κ1) is 11.3. The number of aromatic nitrogens is 4. The van der Waals surface area contributed by atoms with Crippen molar-refractivity contribution in [1.82, 2.24) is 19.9 Å². The minimum atomic E-state index is 1.03. The standard InChI is InChI=1S/C11H16N4S/c1-8-9(2)15-11(14-8)16-5-3-4-10-6-12-7-13-10/h6-7H,3-5H2,1-2H3,(H,12,13)(H,14,15). The molecule has 0 amide bonds. The van der Waals surface area contributed by atoms with Crippen molar-refractivity contribution >= 4 is 11.8 Å². The molecule has 0 aliphatic carbocycles. The Morgan fingerprint density at radius 2 is 2.25 bits per heavy atom. The third-order valence-corrected chi connectivity index (χ3v) is 3.45. The fraction of sp³-hybridized carbons (Fsp3) is 0.455. The molecular weight excluding hydrogens is 220 g/mol. The molecule has 0 saturated heterocycles. The maximum Gasteiger partial charge on any atom is 0.165 e. The molecule has 0 aliphatic heterocycles. The number of rotatable bonds is 5. The summed E-state index contributed by atoms with van der Waals surface area (Å²) in [5.74, 6) is 1.07. The van der Waals surface area contributed by atoms with E-state index in [0.717, 1.165) is 35.1 Å². The van der Waals surface area contributed by atoms with Crippen molar-refractivity contribution in [3.05, 3.63) is 29.6 Å². The maximum atomic E-state index is 4.43. The first-order valence-electron chi connectivity index (χ1n) is 5.39. The van der Waals surface area contributed by atoms with Gasteiger partial charge in [0.15, 0.2) is 5.16 Å². The van der Waals surface area contributed by atoms with Crippen LogP contribution in [0, 0.1) is 13.8 Å². The SMILES string of the molecule is Cc1nc(SCCCc2cnc[nH]2)[nH]c1C. The van der Waals surface area contributed by atoms with E-state index in [1.807, 2.05) is 13.1 Å². The predicted molar refractivity (Wildman–Crippen MR) is 65.7 cm³/mol. The molecule has 2 aromatic heterocycles. The molecule has 4 nitrogen and oxygen atoms in total. The van der Waals surface area contributed by atoms with E-state index in [9.17, 15) is 0 Å². The van der Waals surface area contributed by atoms with Gasteiger partial charge in [0.05, 0.1) is 12.0 Å². The van der Waals surface area contributed by atoms with Gasteiger partial charge in [0.1, 0.15) is 0 Å². The Bertz CT molecular complexity index is 413. The summed E-state index contributed by atoms with van der Waals surface area (Å²) in [7, 11) is 0. The molecule has 0 spiro atoms. The third kappa shape index (κ3) is 2.88. The summed E-state index contributed by atoms with van der Waals surface area (Å²) < 4.78 is 0. The summed E-state index contributed by atoms with van der Waals surface area (Å²) >= 11 is 1.78. The number of aryl methyl sites for hydroxylation is 3. The molecule has 2 aromatic rings. The number of nitrogens with zero attached hydrogens (tertiary/aromatic N) is 2. The highest BCUT2D eigenvalue weighted by Gasteiger charge is 2.02. The van der Waals surface area contributed by atoms with Gasteiger partial charge < -0.3 is 9.97 Å². The smallest absolute Gasteiger partial charge is 0.165 e. The lowest BCUT2D eigenvalue weighted by Gasteiger charge is -1.97. The van der Waals surface area contributed by atoms with Crippen molar-refractivity contribution in [3.8, 4) is 0 Å². The van der Waals surface area contributed by atoms with Gasteiger partial charge in [-0.15, -0.1) is 0 Å². The molecule has 0 saturated carbocycles. The van der Waals surface area contributed by atoms with Crippen LogP contribution in [0.15, 0.2) is 17.7 Å². The number of H-pyrrole nitrogens is 2. The lowest BCUT2D eigenvalue weighted by atomic mass is 10.3. The van der Waals surface area contributed by atoms with Crippen molar-refractivity contribution in [1.29, 1.82) is 0 Å². The largest absolute Gasteiger partial charge is 0.348 e. The van der Waals surface area contributed by atoms with E-state index in [0.29, 0.717) is 0 Å². The topological polar surface area (TPSA) is 57.4 Å². The number of imidazole rings is 2. The number of hydrogen-bond acceptors (Lipinski definition) is 3. The highest BCUT2D eigenvalue weighted by atomic mass is 32.2. The Kier molecular flexibility index (Phi) is 3.66. The van der Waals surface area contributed by atoms with Gasteiger partial charge in [0, 0.05) is 23.3 Å². The second kappa shape index (κ2) is 5.21. The van der Waals surface area contributed by atoms with Crippen LogP contribution >= 0.6 is 11.8 Å². The summed E-state index contributed by atoms with van der Waals surface area (Å²) in [4.78, 5) is 14.8. The lowest BCUT2D eigenvalue weighted by Crippen LogP contribution is -1.88. The first-order valence-corrected chi connectivity index (χ1v) is 6.37. The maximum absolute atomic E-state index is 4.43. The molecule has 0 aliphatic rings. The Morgan fingerprint density at radius 3 is 2.88 bits per heavy atom. The minimum absolute atomic E-state index is 1.03. The molecule has 2 heterocycles. The molecule has 0 unspecified atom stereocenters. The van der Waals surface area contributed by atoms with Crippen molar-refractivity contribution in [3.63, 3.8) is 0 Å². The normalized spacial score (nSPS) is 10.9. The molecule has 2 rings (SSSR count). The van der Waals surface area contributed by atoms with Gasteiger partial charge in [-0.2, -0.15) is 0 Å². The Morgan fingerprint density at radius 1 is 1.38 bits per heavy atom. The number of hydrogen-bond donors (Lipinski definition) is 2. The molecule has 2 N–H and O–H groups in total. The van der Waals surface area contributed by atoms with Crippen LogP contribution in [0.4, 0.5) is 0 Å². The number of thioether (sulfide) groups is 1. The van der Waals surface area contributed by atoms with Crippen LogP contribution in [-0.4, -0.2) is 25.7 Å².